The molecule has 0 nitrogen and oxygen atoms in total. The molecule has 0 aliphatic heterocycles. The number of fused-ring (bicyclic) bond motifs is 12. The molecule has 0 unspecified atom stereocenters. The van der Waals surface area contributed by atoms with E-state index < -0.39 is 0 Å². The topological polar surface area (TPSA) is 0 Å². The van der Waals surface area contributed by atoms with Gasteiger partial charge in [-0.2, -0.15) is 0 Å². The molecular weight excluding hydrogens is 601 g/mol. The Balaban J connectivity index is 1.01. The Morgan fingerprint density at radius 1 is 0.320 bits per heavy atom. The first-order valence-electron chi connectivity index (χ1n) is 18.6. The highest BCUT2D eigenvalue weighted by molar-refractivity contribution is 5.91. The first kappa shape index (κ1) is 30.2. The van der Waals surface area contributed by atoms with Crippen molar-refractivity contribution in [2.24, 2.45) is 0 Å². The van der Waals surface area contributed by atoms with Crippen molar-refractivity contribution in [3.05, 3.63) is 164 Å². The zero-order valence-electron chi connectivity index (χ0n) is 31.0. The molecule has 246 valence electrons. The fourth-order valence-corrected chi connectivity index (χ4v) is 10.6. The van der Waals surface area contributed by atoms with E-state index in [9.17, 15) is 0 Å². The van der Waals surface area contributed by atoms with Crippen LogP contribution in [-0.4, -0.2) is 0 Å². The van der Waals surface area contributed by atoms with Crippen molar-refractivity contribution < 1.29 is 0 Å². The second-order valence-electron chi connectivity index (χ2n) is 17.9. The average molecular weight is 647 g/mol. The molecule has 6 aromatic rings. The van der Waals surface area contributed by atoms with Gasteiger partial charge >= 0.3 is 0 Å². The van der Waals surface area contributed by atoms with Crippen molar-refractivity contribution in [3.63, 3.8) is 0 Å². The van der Waals surface area contributed by atoms with E-state index >= 15 is 0 Å². The average Bonchev–Trinajstić information content (AvgIpc) is 3.63. The number of benzene rings is 6. The molecule has 0 aromatic heterocycles. The zero-order valence-corrected chi connectivity index (χ0v) is 31.0. The number of aryl methyl sites for hydroxylation is 1. The van der Waals surface area contributed by atoms with E-state index in [-0.39, 0.29) is 21.7 Å². The summed E-state index contributed by atoms with van der Waals surface area (Å²) in [7, 11) is 0. The second-order valence-corrected chi connectivity index (χ2v) is 17.9. The maximum absolute atomic E-state index is 2.54. The summed E-state index contributed by atoms with van der Waals surface area (Å²) < 4.78 is 0. The molecule has 0 amide bonds. The molecule has 0 radical (unpaired) electrons. The minimum Gasteiger partial charge on any atom is -0.0619 e. The summed E-state index contributed by atoms with van der Waals surface area (Å²) in [6.07, 6.45) is 0.937. The van der Waals surface area contributed by atoms with Gasteiger partial charge in [0, 0.05) is 21.7 Å². The molecule has 0 heteroatoms. The largest absolute Gasteiger partial charge is 0.0619 e. The summed E-state index contributed by atoms with van der Waals surface area (Å²) in [5, 5.41) is 0. The lowest BCUT2D eigenvalue weighted by Crippen LogP contribution is -2.19. The molecule has 0 spiro atoms. The van der Waals surface area contributed by atoms with Gasteiger partial charge in [-0.1, -0.05) is 146 Å². The van der Waals surface area contributed by atoms with Gasteiger partial charge in [0.05, 0.1) is 0 Å². The van der Waals surface area contributed by atoms with Gasteiger partial charge in [0.25, 0.3) is 0 Å². The highest BCUT2D eigenvalue weighted by Crippen LogP contribution is 2.58. The molecule has 0 saturated heterocycles. The van der Waals surface area contributed by atoms with Crippen molar-refractivity contribution in [1.82, 2.24) is 0 Å². The lowest BCUT2D eigenvalue weighted by atomic mass is 9.77. The SMILES string of the molecule is Cc1ccc2c(c1)C(C)(C)c1cc3c(cc1-2)C(C)(C)c1cc(Cc2ccc4c(c2)C(C)(C)c2cc5c(cc2-4)-c2ccccc2C5(C)C)ccc1-3. The van der Waals surface area contributed by atoms with Gasteiger partial charge in [0.15, 0.2) is 0 Å². The van der Waals surface area contributed by atoms with Crippen LogP contribution in [0.25, 0.3) is 44.5 Å². The molecule has 0 heterocycles. The van der Waals surface area contributed by atoms with Gasteiger partial charge in [-0.25, -0.2) is 0 Å². The zero-order chi connectivity index (χ0) is 34.7. The number of hydrogen-bond acceptors (Lipinski definition) is 0. The predicted octanol–water partition coefficient (Wildman–Crippen LogP) is 12.8. The lowest BCUT2D eigenvalue weighted by Gasteiger charge is -2.26. The molecule has 0 bridgehead atoms. The summed E-state index contributed by atoms with van der Waals surface area (Å²) in [6.45, 7) is 21.5. The summed E-state index contributed by atoms with van der Waals surface area (Å²) in [6, 6.07) is 40.7. The maximum atomic E-state index is 2.54. The first-order valence-corrected chi connectivity index (χ1v) is 18.6. The fourth-order valence-electron chi connectivity index (χ4n) is 10.6. The standard InChI is InChI=1S/C50H46/c1-28-14-17-32-37-25-44-38(26-43(37)48(4,5)40(32)20-28)34-19-16-30(23-42(34)49(44,6)7)21-29-15-18-33-36-24-35-31-12-10-11-13-39(31)47(2,3)45(35)27-46(36)50(8,9)41(33)22-29/h10-20,22-27H,21H2,1-9H3. The van der Waals surface area contributed by atoms with E-state index in [1.165, 1.54) is 106 Å². The van der Waals surface area contributed by atoms with E-state index in [1.54, 1.807) is 0 Å². The lowest BCUT2D eigenvalue weighted by molar-refractivity contribution is 0.639. The van der Waals surface area contributed by atoms with Gasteiger partial charge in [-0.05, 0) is 132 Å². The van der Waals surface area contributed by atoms with Crippen molar-refractivity contribution in [3.8, 4) is 44.5 Å². The van der Waals surface area contributed by atoms with Crippen LogP contribution in [0.1, 0.15) is 117 Å². The molecule has 4 aliphatic carbocycles. The van der Waals surface area contributed by atoms with E-state index in [4.69, 9.17) is 0 Å². The quantitative estimate of drug-likeness (QED) is 0.176. The molecule has 4 aliphatic rings. The molecule has 0 fully saturated rings. The van der Waals surface area contributed by atoms with Gasteiger partial charge in [0.1, 0.15) is 0 Å². The Labute approximate surface area is 298 Å². The molecule has 0 saturated carbocycles. The Morgan fingerprint density at radius 2 is 0.700 bits per heavy atom. The summed E-state index contributed by atoms with van der Waals surface area (Å²) >= 11 is 0. The molecule has 50 heavy (non-hydrogen) atoms. The third-order valence-electron chi connectivity index (χ3n) is 13.5. The van der Waals surface area contributed by atoms with Crippen LogP contribution in [0.5, 0.6) is 0 Å². The third kappa shape index (κ3) is 3.67. The van der Waals surface area contributed by atoms with E-state index in [1.807, 2.05) is 0 Å². The van der Waals surface area contributed by atoms with Crippen LogP contribution in [0.4, 0.5) is 0 Å². The van der Waals surface area contributed by atoms with Crippen LogP contribution in [0, 0.1) is 6.92 Å². The van der Waals surface area contributed by atoms with Gasteiger partial charge in [-0.15, -0.1) is 0 Å². The summed E-state index contributed by atoms with van der Waals surface area (Å²) in [4.78, 5) is 0. The van der Waals surface area contributed by atoms with Crippen molar-refractivity contribution in [2.75, 3.05) is 0 Å². The van der Waals surface area contributed by atoms with Crippen molar-refractivity contribution in [1.29, 1.82) is 0 Å². The maximum Gasteiger partial charge on any atom is 0.0159 e. The van der Waals surface area contributed by atoms with Crippen molar-refractivity contribution >= 4 is 0 Å². The molecule has 0 N–H and O–H groups in total. The monoisotopic (exact) mass is 646 g/mol. The predicted molar refractivity (Wildman–Crippen MR) is 211 cm³/mol. The molecular formula is C50H46. The van der Waals surface area contributed by atoms with Crippen LogP contribution < -0.4 is 0 Å². The van der Waals surface area contributed by atoms with Crippen LogP contribution in [0.3, 0.4) is 0 Å². The number of hydrogen-bond donors (Lipinski definition) is 0. The second kappa shape index (κ2) is 9.35. The Morgan fingerprint density at radius 3 is 1.24 bits per heavy atom. The number of rotatable bonds is 2. The Hall–Kier alpha value is -4.68. The van der Waals surface area contributed by atoms with E-state index in [0.29, 0.717) is 0 Å². The van der Waals surface area contributed by atoms with Crippen LogP contribution in [0.15, 0.2) is 103 Å². The third-order valence-corrected chi connectivity index (χ3v) is 13.5. The minimum absolute atomic E-state index is 0.000352. The van der Waals surface area contributed by atoms with Crippen LogP contribution >= 0.6 is 0 Å². The highest BCUT2D eigenvalue weighted by atomic mass is 14.5. The van der Waals surface area contributed by atoms with E-state index in [2.05, 4.69) is 165 Å². The highest BCUT2D eigenvalue weighted by Gasteiger charge is 2.43. The van der Waals surface area contributed by atoms with Gasteiger partial charge < -0.3 is 0 Å². The molecule has 0 atom stereocenters. The van der Waals surface area contributed by atoms with Gasteiger partial charge in [0.2, 0.25) is 0 Å². The first-order chi connectivity index (χ1) is 23.7. The van der Waals surface area contributed by atoms with Crippen LogP contribution in [0.2, 0.25) is 0 Å². The summed E-state index contributed by atoms with van der Waals surface area (Å²) in [5.74, 6) is 0. The van der Waals surface area contributed by atoms with Crippen molar-refractivity contribution in [2.45, 2.75) is 90.4 Å². The molecule has 6 aromatic carbocycles. The van der Waals surface area contributed by atoms with Gasteiger partial charge in [-0.3, -0.25) is 0 Å². The van der Waals surface area contributed by atoms with E-state index in [0.717, 1.165) is 6.42 Å². The minimum atomic E-state index is -0.0539. The van der Waals surface area contributed by atoms with Crippen LogP contribution in [-0.2, 0) is 28.1 Å². The smallest absolute Gasteiger partial charge is 0.0159 e. The normalized spacial score (nSPS) is 18.0. The Kier molecular flexibility index (Phi) is 5.64. The Bertz CT molecular complexity index is 2510. The molecule has 10 rings (SSSR count). The fraction of sp³-hybridized carbons (Fsp3) is 0.280. The summed E-state index contributed by atoms with van der Waals surface area (Å²) in [5.41, 5.74) is 27.0.